The number of carbonyl (C=O) groups is 1. The minimum atomic E-state index is 0.0766. The van der Waals surface area contributed by atoms with E-state index in [1.54, 1.807) is 6.92 Å². The highest BCUT2D eigenvalue weighted by Crippen LogP contribution is 2.23. The Morgan fingerprint density at radius 1 is 1.41 bits per heavy atom. The number of hydrogen-bond acceptors (Lipinski definition) is 4. The third-order valence-electron chi connectivity index (χ3n) is 4.11. The molecule has 0 radical (unpaired) electrons. The normalized spacial score (nSPS) is 18.4. The van der Waals surface area contributed by atoms with Crippen LogP contribution in [0.4, 0.5) is 0 Å². The third-order valence-corrected chi connectivity index (χ3v) is 4.11. The molecule has 0 bridgehead atoms. The predicted molar refractivity (Wildman–Crippen MR) is 83.8 cm³/mol. The zero-order chi connectivity index (χ0) is 15.5. The number of rotatable bonds is 4. The molecule has 0 spiro atoms. The smallest absolute Gasteiger partial charge is 0.159 e. The number of ketones is 1. The molecular formula is C17H21N3O2. The van der Waals surface area contributed by atoms with Gasteiger partial charge in [0.15, 0.2) is 5.78 Å². The second-order valence-corrected chi connectivity index (χ2v) is 5.90. The van der Waals surface area contributed by atoms with Crippen molar-refractivity contribution in [2.75, 3.05) is 6.61 Å². The minimum absolute atomic E-state index is 0.0766. The highest BCUT2D eigenvalue weighted by Gasteiger charge is 2.16. The predicted octanol–water partition coefficient (Wildman–Crippen LogP) is 3.03. The molecule has 0 N–H and O–H groups in total. The molecule has 2 heterocycles. The number of carbonyl (C=O) groups excluding carboxylic acids is 1. The van der Waals surface area contributed by atoms with Gasteiger partial charge in [0.1, 0.15) is 5.69 Å². The van der Waals surface area contributed by atoms with E-state index in [0.29, 0.717) is 0 Å². The molecule has 0 saturated carbocycles. The average Bonchev–Trinajstić information content (AvgIpc) is 2.96. The van der Waals surface area contributed by atoms with Crippen molar-refractivity contribution in [3.63, 3.8) is 0 Å². The number of aryl methyl sites for hydroxylation is 1. The lowest BCUT2D eigenvalue weighted by atomic mass is 10.0. The summed E-state index contributed by atoms with van der Waals surface area (Å²) < 4.78 is 7.59. The Hall–Kier alpha value is -2.01. The summed E-state index contributed by atoms with van der Waals surface area (Å²) in [7, 11) is 0. The summed E-state index contributed by atoms with van der Waals surface area (Å²) in [6, 6.07) is 5.69. The van der Waals surface area contributed by atoms with E-state index in [2.05, 4.69) is 10.3 Å². The fourth-order valence-corrected chi connectivity index (χ4v) is 2.84. The van der Waals surface area contributed by atoms with E-state index in [9.17, 15) is 4.79 Å². The Morgan fingerprint density at radius 2 is 2.27 bits per heavy atom. The first kappa shape index (κ1) is 14.9. The van der Waals surface area contributed by atoms with Crippen LogP contribution in [0.5, 0.6) is 0 Å². The second-order valence-electron chi connectivity index (χ2n) is 5.90. The van der Waals surface area contributed by atoms with Crippen molar-refractivity contribution in [2.24, 2.45) is 0 Å². The quantitative estimate of drug-likeness (QED) is 0.814. The Balaban J connectivity index is 1.77. The minimum Gasteiger partial charge on any atom is -0.376 e. The third kappa shape index (κ3) is 3.25. The highest BCUT2D eigenvalue weighted by molar-refractivity contribution is 5.94. The molecular weight excluding hydrogens is 278 g/mol. The summed E-state index contributed by atoms with van der Waals surface area (Å²) in [6.45, 7) is 5.16. The van der Waals surface area contributed by atoms with Gasteiger partial charge in [0.2, 0.25) is 0 Å². The van der Waals surface area contributed by atoms with Crippen LogP contribution in [0.3, 0.4) is 0 Å². The van der Waals surface area contributed by atoms with Crippen LogP contribution in [0.1, 0.15) is 42.1 Å². The molecule has 1 fully saturated rings. The number of Topliss-reactive ketones (excluding diaryl/α,β-unsaturated/α-hetero) is 1. The zero-order valence-corrected chi connectivity index (χ0v) is 13.1. The fraction of sp³-hybridized carbons (Fsp3) is 0.471. The highest BCUT2D eigenvalue weighted by atomic mass is 16.5. The van der Waals surface area contributed by atoms with E-state index in [1.165, 1.54) is 6.42 Å². The van der Waals surface area contributed by atoms with Crippen molar-refractivity contribution < 1.29 is 9.53 Å². The number of hydrogen-bond donors (Lipinski definition) is 0. The van der Waals surface area contributed by atoms with Crippen molar-refractivity contribution in [2.45, 2.75) is 45.8 Å². The van der Waals surface area contributed by atoms with Crippen molar-refractivity contribution >= 4 is 5.78 Å². The molecule has 0 aliphatic carbocycles. The maximum absolute atomic E-state index is 11.4. The summed E-state index contributed by atoms with van der Waals surface area (Å²) in [6.07, 6.45) is 5.65. The van der Waals surface area contributed by atoms with Crippen molar-refractivity contribution in [1.82, 2.24) is 15.0 Å². The summed E-state index contributed by atoms with van der Waals surface area (Å²) in [5, 5.41) is 8.46. The van der Waals surface area contributed by atoms with Crippen LogP contribution in [0, 0.1) is 6.92 Å². The molecule has 3 rings (SSSR count). The molecule has 0 amide bonds. The standard InChI is InChI=1S/C17H21N3O2/c1-12-9-14(13(2)21)6-7-16(12)17-11-20(19-18-17)10-15-5-3-4-8-22-15/h6-7,9,11,15H,3-5,8,10H2,1-2H3. The van der Waals surface area contributed by atoms with Crippen molar-refractivity contribution in [1.29, 1.82) is 0 Å². The van der Waals surface area contributed by atoms with E-state index >= 15 is 0 Å². The van der Waals surface area contributed by atoms with Gasteiger partial charge < -0.3 is 4.74 Å². The largest absolute Gasteiger partial charge is 0.376 e. The van der Waals surface area contributed by atoms with Crippen LogP contribution in [-0.2, 0) is 11.3 Å². The lowest BCUT2D eigenvalue weighted by Gasteiger charge is -2.21. The van der Waals surface area contributed by atoms with Crippen molar-refractivity contribution in [3.8, 4) is 11.3 Å². The van der Waals surface area contributed by atoms with Gasteiger partial charge in [0, 0.05) is 17.7 Å². The molecule has 1 aromatic carbocycles. The number of benzene rings is 1. The number of aromatic nitrogens is 3. The molecule has 5 heteroatoms. The first-order chi connectivity index (χ1) is 10.6. The lowest BCUT2D eigenvalue weighted by molar-refractivity contribution is 0.00370. The Bertz CT molecular complexity index is 672. The summed E-state index contributed by atoms with van der Waals surface area (Å²) in [5.41, 5.74) is 3.61. The Labute approximate surface area is 130 Å². The fourth-order valence-electron chi connectivity index (χ4n) is 2.84. The monoisotopic (exact) mass is 299 g/mol. The van der Waals surface area contributed by atoms with E-state index in [1.807, 2.05) is 36.0 Å². The topological polar surface area (TPSA) is 57.0 Å². The van der Waals surface area contributed by atoms with Gasteiger partial charge in [-0.1, -0.05) is 17.3 Å². The van der Waals surface area contributed by atoms with Gasteiger partial charge >= 0.3 is 0 Å². The van der Waals surface area contributed by atoms with Crippen molar-refractivity contribution in [3.05, 3.63) is 35.5 Å². The molecule has 116 valence electrons. The van der Waals surface area contributed by atoms with Crippen LogP contribution >= 0.6 is 0 Å². The molecule has 1 saturated heterocycles. The summed E-state index contributed by atoms with van der Waals surface area (Å²) in [4.78, 5) is 11.4. The molecule has 2 aromatic rings. The SMILES string of the molecule is CC(=O)c1ccc(-c2cn(CC3CCCCO3)nn2)c(C)c1. The van der Waals surface area contributed by atoms with Crippen LogP contribution < -0.4 is 0 Å². The van der Waals surface area contributed by atoms with Gasteiger partial charge in [-0.05, 0) is 44.7 Å². The number of nitrogens with zero attached hydrogens (tertiary/aromatic N) is 3. The van der Waals surface area contributed by atoms with E-state index in [0.717, 1.165) is 48.4 Å². The summed E-state index contributed by atoms with van der Waals surface area (Å²) >= 11 is 0. The Morgan fingerprint density at radius 3 is 2.95 bits per heavy atom. The molecule has 1 aromatic heterocycles. The lowest BCUT2D eigenvalue weighted by Crippen LogP contribution is -2.24. The van der Waals surface area contributed by atoms with Gasteiger partial charge in [-0.3, -0.25) is 4.79 Å². The molecule has 1 atom stereocenters. The van der Waals surface area contributed by atoms with Crippen LogP contribution in [0.15, 0.2) is 24.4 Å². The molecule has 22 heavy (non-hydrogen) atoms. The zero-order valence-electron chi connectivity index (χ0n) is 13.1. The maximum atomic E-state index is 11.4. The maximum Gasteiger partial charge on any atom is 0.159 e. The van der Waals surface area contributed by atoms with Gasteiger partial charge in [0.05, 0.1) is 18.8 Å². The molecule has 5 nitrogen and oxygen atoms in total. The van der Waals surface area contributed by atoms with Gasteiger partial charge in [-0.15, -0.1) is 5.10 Å². The number of ether oxygens (including phenoxy) is 1. The van der Waals surface area contributed by atoms with E-state index in [4.69, 9.17) is 4.74 Å². The van der Waals surface area contributed by atoms with E-state index < -0.39 is 0 Å². The van der Waals surface area contributed by atoms with Crippen LogP contribution in [-0.4, -0.2) is 33.5 Å². The first-order valence-electron chi connectivity index (χ1n) is 7.77. The molecule has 1 aliphatic heterocycles. The first-order valence-corrected chi connectivity index (χ1v) is 7.77. The van der Waals surface area contributed by atoms with Gasteiger partial charge in [-0.2, -0.15) is 0 Å². The molecule has 1 unspecified atom stereocenters. The van der Waals surface area contributed by atoms with Crippen LogP contribution in [0.25, 0.3) is 11.3 Å². The average molecular weight is 299 g/mol. The van der Waals surface area contributed by atoms with Crippen LogP contribution in [0.2, 0.25) is 0 Å². The second kappa shape index (κ2) is 6.40. The summed E-state index contributed by atoms with van der Waals surface area (Å²) in [5.74, 6) is 0.0766. The Kier molecular flexibility index (Phi) is 4.34. The van der Waals surface area contributed by atoms with E-state index in [-0.39, 0.29) is 11.9 Å². The van der Waals surface area contributed by atoms with Gasteiger partial charge in [0.25, 0.3) is 0 Å². The molecule has 1 aliphatic rings. The van der Waals surface area contributed by atoms with Gasteiger partial charge in [-0.25, -0.2) is 4.68 Å².